The number of rotatable bonds is 9. The Kier molecular flexibility index (Phi) is 8.18. The van der Waals surface area contributed by atoms with E-state index in [0.717, 1.165) is 23.8 Å². The fraction of sp³-hybridized carbons (Fsp3) is 0.240. The van der Waals surface area contributed by atoms with E-state index in [1.807, 2.05) is 19.1 Å². The van der Waals surface area contributed by atoms with Crippen molar-refractivity contribution in [3.8, 4) is 5.75 Å². The number of hydrogen-bond acceptors (Lipinski definition) is 5. The van der Waals surface area contributed by atoms with Crippen molar-refractivity contribution in [2.24, 2.45) is 0 Å². The molecule has 10 heteroatoms. The number of carbonyl (C=O) groups excluding carboxylic acids is 1. The summed E-state index contributed by atoms with van der Waals surface area (Å²) in [5, 5.41) is 0. The Morgan fingerprint density at radius 2 is 1.66 bits per heavy atom. The Balaban J connectivity index is 1.81. The number of methoxy groups -OCH3 is 1. The highest BCUT2D eigenvalue weighted by Crippen LogP contribution is 2.31. The number of halogens is 3. The Morgan fingerprint density at radius 3 is 2.31 bits per heavy atom. The molecule has 0 aliphatic rings. The van der Waals surface area contributed by atoms with Crippen LogP contribution < -0.4 is 4.18 Å². The molecule has 186 valence electrons. The van der Waals surface area contributed by atoms with Crippen molar-refractivity contribution in [3.05, 3.63) is 95.1 Å². The van der Waals surface area contributed by atoms with Gasteiger partial charge in [0, 0.05) is 25.8 Å². The van der Waals surface area contributed by atoms with E-state index in [4.69, 9.17) is 8.92 Å². The van der Waals surface area contributed by atoms with Crippen molar-refractivity contribution in [1.82, 2.24) is 4.90 Å². The standard InChI is InChI=1S/C25H24F3NO5S/c1-18-9-11-20(12-10-18)24(30)29(13-14-33-2)17-19-5-3-7-22(15-19)34-35(31,32)23-8-4-6-21(16-23)25(26,27)28/h3-12,15-16H,13-14,17H2,1-2H3. The molecule has 0 fully saturated rings. The van der Waals surface area contributed by atoms with Gasteiger partial charge in [-0.05, 0) is 55.0 Å². The third-order valence-corrected chi connectivity index (χ3v) is 6.32. The molecule has 0 unspecified atom stereocenters. The third-order valence-electron chi connectivity index (χ3n) is 5.08. The van der Waals surface area contributed by atoms with Gasteiger partial charge in [0.2, 0.25) is 0 Å². The molecule has 0 aromatic heterocycles. The first-order valence-corrected chi connectivity index (χ1v) is 12.0. The summed E-state index contributed by atoms with van der Waals surface area (Å²) in [6, 6.07) is 16.4. The molecule has 3 rings (SSSR count). The quantitative estimate of drug-likeness (QED) is 0.378. The van der Waals surface area contributed by atoms with Gasteiger partial charge in [0.25, 0.3) is 5.91 Å². The first-order valence-electron chi connectivity index (χ1n) is 10.5. The lowest BCUT2D eigenvalue weighted by Crippen LogP contribution is -2.33. The molecule has 0 heterocycles. The van der Waals surface area contributed by atoms with E-state index >= 15 is 0 Å². The summed E-state index contributed by atoms with van der Waals surface area (Å²) >= 11 is 0. The van der Waals surface area contributed by atoms with Crippen LogP contribution in [0.2, 0.25) is 0 Å². The smallest absolute Gasteiger partial charge is 0.383 e. The van der Waals surface area contributed by atoms with Crippen LogP contribution in [0.25, 0.3) is 0 Å². The van der Waals surface area contributed by atoms with Gasteiger partial charge < -0.3 is 13.8 Å². The summed E-state index contributed by atoms with van der Waals surface area (Å²) in [5.74, 6) is -0.320. The molecule has 1 amide bonds. The van der Waals surface area contributed by atoms with Gasteiger partial charge >= 0.3 is 16.3 Å². The topological polar surface area (TPSA) is 72.9 Å². The molecule has 0 radical (unpaired) electrons. The monoisotopic (exact) mass is 507 g/mol. The predicted octanol–water partition coefficient (Wildman–Crippen LogP) is 5.07. The number of ether oxygens (including phenoxy) is 1. The van der Waals surface area contributed by atoms with E-state index in [1.165, 1.54) is 25.3 Å². The van der Waals surface area contributed by atoms with E-state index in [2.05, 4.69) is 0 Å². The Labute approximate surface area is 202 Å². The number of nitrogens with zero attached hydrogens (tertiary/aromatic N) is 1. The van der Waals surface area contributed by atoms with Gasteiger partial charge in [0.1, 0.15) is 10.6 Å². The second-order valence-corrected chi connectivity index (χ2v) is 9.34. The normalized spacial score (nSPS) is 11.8. The van der Waals surface area contributed by atoms with Crippen LogP contribution >= 0.6 is 0 Å². The first-order chi connectivity index (χ1) is 16.5. The number of alkyl halides is 3. The van der Waals surface area contributed by atoms with Crippen LogP contribution in [0.15, 0.2) is 77.7 Å². The molecule has 0 saturated heterocycles. The fourth-order valence-corrected chi connectivity index (χ4v) is 4.22. The van der Waals surface area contributed by atoms with Crippen molar-refractivity contribution in [2.45, 2.75) is 24.5 Å². The van der Waals surface area contributed by atoms with E-state index < -0.39 is 26.8 Å². The molecule has 6 nitrogen and oxygen atoms in total. The zero-order valence-corrected chi connectivity index (χ0v) is 19.9. The largest absolute Gasteiger partial charge is 0.416 e. The van der Waals surface area contributed by atoms with Gasteiger partial charge in [-0.1, -0.05) is 35.9 Å². The van der Waals surface area contributed by atoms with Crippen LogP contribution in [0.3, 0.4) is 0 Å². The predicted molar refractivity (Wildman–Crippen MR) is 123 cm³/mol. The van der Waals surface area contributed by atoms with Crippen LogP contribution in [0.5, 0.6) is 5.75 Å². The maximum absolute atomic E-state index is 13.0. The highest BCUT2D eigenvalue weighted by Gasteiger charge is 2.32. The number of amides is 1. The minimum atomic E-state index is -4.69. The highest BCUT2D eigenvalue weighted by atomic mass is 32.2. The fourth-order valence-electron chi connectivity index (χ4n) is 3.25. The molecule has 0 aliphatic heterocycles. The second-order valence-electron chi connectivity index (χ2n) is 7.80. The number of carbonyl (C=O) groups is 1. The lowest BCUT2D eigenvalue weighted by molar-refractivity contribution is -0.137. The summed E-state index contributed by atoms with van der Waals surface area (Å²) in [6.07, 6.45) is -4.69. The molecule has 0 N–H and O–H groups in total. The van der Waals surface area contributed by atoms with Gasteiger partial charge in [0.15, 0.2) is 0 Å². The molecule has 35 heavy (non-hydrogen) atoms. The van der Waals surface area contributed by atoms with Crippen LogP contribution in [-0.2, 0) is 27.6 Å². The summed E-state index contributed by atoms with van der Waals surface area (Å²) in [5.41, 5.74) is 0.973. The number of benzene rings is 3. The summed E-state index contributed by atoms with van der Waals surface area (Å²) in [7, 11) is -3.00. The van der Waals surface area contributed by atoms with Crippen LogP contribution in [0.1, 0.15) is 27.0 Å². The van der Waals surface area contributed by atoms with Crippen LogP contribution in [0, 0.1) is 6.92 Å². The van der Waals surface area contributed by atoms with E-state index in [-0.39, 0.29) is 31.4 Å². The van der Waals surface area contributed by atoms with Gasteiger partial charge in [-0.15, -0.1) is 0 Å². The molecule has 0 spiro atoms. The van der Waals surface area contributed by atoms with Crippen LogP contribution in [-0.4, -0.2) is 39.5 Å². The molecule has 0 aliphatic carbocycles. The number of aryl methyl sites for hydroxylation is 1. The lowest BCUT2D eigenvalue weighted by atomic mass is 10.1. The molecule has 0 saturated carbocycles. The second kappa shape index (κ2) is 10.9. The maximum atomic E-state index is 13.0. The van der Waals surface area contributed by atoms with E-state index in [0.29, 0.717) is 17.2 Å². The maximum Gasteiger partial charge on any atom is 0.416 e. The molecular weight excluding hydrogens is 483 g/mol. The third kappa shape index (κ3) is 7.06. The minimum absolute atomic E-state index is 0.0885. The van der Waals surface area contributed by atoms with Crippen molar-refractivity contribution < 1.29 is 35.3 Å². The summed E-state index contributed by atoms with van der Waals surface area (Å²) in [6.45, 7) is 2.63. The first kappa shape index (κ1) is 26.2. The van der Waals surface area contributed by atoms with Gasteiger partial charge in [-0.2, -0.15) is 21.6 Å². The van der Waals surface area contributed by atoms with Crippen molar-refractivity contribution in [2.75, 3.05) is 20.3 Å². The highest BCUT2D eigenvalue weighted by molar-refractivity contribution is 7.87. The molecule has 3 aromatic carbocycles. The van der Waals surface area contributed by atoms with Gasteiger partial charge in [0.05, 0.1) is 12.2 Å². The molecule has 3 aromatic rings. The van der Waals surface area contributed by atoms with Gasteiger partial charge in [-0.25, -0.2) is 0 Å². The minimum Gasteiger partial charge on any atom is -0.383 e. The molecular formula is C25H24F3NO5S. The zero-order valence-electron chi connectivity index (χ0n) is 19.1. The SMILES string of the molecule is COCCN(Cc1cccc(OS(=O)(=O)c2cccc(C(F)(F)F)c2)c1)C(=O)c1ccc(C)cc1. The summed E-state index contributed by atoms with van der Waals surface area (Å²) in [4.78, 5) is 14.0. The zero-order chi connectivity index (χ0) is 25.6. The average molecular weight is 508 g/mol. The van der Waals surface area contributed by atoms with Crippen molar-refractivity contribution in [3.63, 3.8) is 0 Å². The lowest BCUT2D eigenvalue weighted by Gasteiger charge is -2.23. The summed E-state index contributed by atoms with van der Waals surface area (Å²) < 4.78 is 74.3. The van der Waals surface area contributed by atoms with Crippen molar-refractivity contribution >= 4 is 16.0 Å². The Bertz CT molecular complexity index is 1270. The van der Waals surface area contributed by atoms with E-state index in [9.17, 15) is 26.4 Å². The Hall–Kier alpha value is -3.37. The van der Waals surface area contributed by atoms with Crippen molar-refractivity contribution in [1.29, 1.82) is 0 Å². The molecule has 0 bridgehead atoms. The van der Waals surface area contributed by atoms with Crippen LogP contribution in [0.4, 0.5) is 13.2 Å². The number of hydrogen-bond donors (Lipinski definition) is 0. The van der Waals surface area contributed by atoms with E-state index in [1.54, 1.807) is 23.1 Å². The Morgan fingerprint density at radius 1 is 0.971 bits per heavy atom. The average Bonchev–Trinajstić information content (AvgIpc) is 2.81. The molecule has 0 atom stereocenters. The van der Waals surface area contributed by atoms with Gasteiger partial charge in [-0.3, -0.25) is 4.79 Å².